The molecular formula is C14H25NO2. The molecule has 0 heterocycles. The maximum atomic E-state index is 10.7. The van der Waals surface area contributed by atoms with E-state index in [4.69, 9.17) is 10.00 Å². The van der Waals surface area contributed by atoms with Crippen LogP contribution in [0, 0.1) is 11.3 Å². The lowest BCUT2D eigenvalue weighted by Crippen LogP contribution is -2.11. The van der Waals surface area contributed by atoms with E-state index in [2.05, 4.69) is 6.07 Å². The summed E-state index contributed by atoms with van der Waals surface area (Å²) in [6, 6.07) is 2.17. The van der Waals surface area contributed by atoms with Crippen LogP contribution in [0.3, 0.4) is 0 Å². The molecule has 0 aromatic heterocycles. The SMILES string of the molecule is CC(=O)O[C@@H](C)CCCCCCCCCC#N. The number of nitrogens with zero attached hydrogens (tertiary/aromatic N) is 1. The molecule has 3 heteroatoms. The fraction of sp³-hybridized carbons (Fsp3) is 0.857. The third-order valence-corrected chi connectivity index (χ3v) is 2.77. The highest BCUT2D eigenvalue weighted by Gasteiger charge is 2.04. The quantitative estimate of drug-likeness (QED) is 0.428. The fourth-order valence-electron chi connectivity index (χ4n) is 1.86. The van der Waals surface area contributed by atoms with Crippen molar-refractivity contribution < 1.29 is 9.53 Å². The molecule has 0 unspecified atom stereocenters. The molecule has 0 aliphatic rings. The number of hydrogen-bond acceptors (Lipinski definition) is 3. The summed E-state index contributed by atoms with van der Waals surface area (Å²) >= 11 is 0. The van der Waals surface area contributed by atoms with E-state index in [0.717, 1.165) is 19.3 Å². The predicted molar refractivity (Wildman–Crippen MR) is 68.4 cm³/mol. The topological polar surface area (TPSA) is 50.1 Å². The van der Waals surface area contributed by atoms with Gasteiger partial charge in [-0.3, -0.25) is 4.79 Å². The van der Waals surface area contributed by atoms with Crippen LogP contribution in [0.15, 0.2) is 0 Å². The van der Waals surface area contributed by atoms with Gasteiger partial charge in [0.15, 0.2) is 0 Å². The van der Waals surface area contributed by atoms with Gasteiger partial charge >= 0.3 is 5.97 Å². The number of carbonyl (C=O) groups excluding carboxylic acids is 1. The second-order valence-corrected chi connectivity index (χ2v) is 4.59. The van der Waals surface area contributed by atoms with E-state index < -0.39 is 0 Å². The molecule has 0 fully saturated rings. The zero-order valence-corrected chi connectivity index (χ0v) is 11.2. The van der Waals surface area contributed by atoms with Crippen LogP contribution in [-0.2, 0) is 9.53 Å². The zero-order chi connectivity index (χ0) is 12.9. The first-order valence-corrected chi connectivity index (χ1v) is 6.71. The summed E-state index contributed by atoms with van der Waals surface area (Å²) < 4.78 is 5.05. The summed E-state index contributed by atoms with van der Waals surface area (Å²) in [5.41, 5.74) is 0. The highest BCUT2D eigenvalue weighted by atomic mass is 16.5. The molecule has 3 nitrogen and oxygen atoms in total. The van der Waals surface area contributed by atoms with Crippen molar-refractivity contribution in [1.82, 2.24) is 0 Å². The molecule has 0 saturated carbocycles. The average molecular weight is 239 g/mol. The maximum Gasteiger partial charge on any atom is 0.302 e. The Morgan fingerprint density at radius 1 is 1.12 bits per heavy atom. The van der Waals surface area contributed by atoms with Crippen molar-refractivity contribution in [2.45, 2.75) is 77.7 Å². The lowest BCUT2D eigenvalue weighted by atomic mass is 10.1. The molecule has 0 amide bonds. The van der Waals surface area contributed by atoms with E-state index in [0.29, 0.717) is 6.42 Å². The Morgan fingerprint density at radius 3 is 2.18 bits per heavy atom. The van der Waals surface area contributed by atoms with Crippen molar-refractivity contribution >= 4 is 5.97 Å². The number of unbranched alkanes of at least 4 members (excludes halogenated alkanes) is 7. The summed E-state index contributed by atoms with van der Waals surface area (Å²) in [6.07, 6.45) is 10.0. The van der Waals surface area contributed by atoms with Gasteiger partial charge in [-0.15, -0.1) is 0 Å². The standard InChI is InChI=1S/C14H25NO2/c1-13(17-14(2)16)11-9-7-5-3-4-6-8-10-12-15/h13H,3-11H2,1-2H3/t13-/m0/s1. The van der Waals surface area contributed by atoms with E-state index >= 15 is 0 Å². The van der Waals surface area contributed by atoms with Crippen molar-refractivity contribution in [2.75, 3.05) is 0 Å². The third kappa shape index (κ3) is 12.9. The molecule has 0 spiro atoms. The Labute approximate surface area is 105 Å². The third-order valence-electron chi connectivity index (χ3n) is 2.77. The van der Waals surface area contributed by atoms with E-state index in [1.165, 1.54) is 39.0 Å². The van der Waals surface area contributed by atoms with Crippen LogP contribution in [0.1, 0.15) is 71.6 Å². The molecule has 0 N–H and O–H groups in total. The lowest BCUT2D eigenvalue weighted by Gasteiger charge is -2.11. The van der Waals surface area contributed by atoms with Crippen LogP contribution in [-0.4, -0.2) is 12.1 Å². The summed E-state index contributed by atoms with van der Waals surface area (Å²) in [5, 5.41) is 8.37. The molecule has 0 aliphatic carbocycles. The Hall–Kier alpha value is -1.04. The molecule has 1 atom stereocenters. The molecule has 0 aliphatic heterocycles. The number of ether oxygens (including phenoxy) is 1. The van der Waals surface area contributed by atoms with E-state index in [-0.39, 0.29) is 12.1 Å². The Bertz CT molecular complexity index is 233. The monoisotopic (exact) mass is 239 g/mol. The minimum atomic E-state index is -0.185. The molecule has 0 aromatic carbocycles. The predicted octanol–water partition coefficient (Wildman–Crippen LogP) is 3.97. The highest BCUT2D eigenvalue weighted by Crippen LogP contribution is 2.11. The van der Waals surface area contributed by atoms with Gasteiger partial charge in [0.1, 0.15) is 0 Å². The highest BCUT2D eigenvalue weighted by molar-refractivity contribution is 5.66. The van der Waals surface area contributed by atoms with Crippen LogP contribution >= 0.6 is 0 Å². The molecule has 0 aromatic rings. The summed E-state index contributed by atoms with van der Waals surface area (Å²) in [6.45, 7) is 3.40. The minimum absolute atomic E-state index is 0.0585. The summed E-state index contributed by atoms with van der Waals surface area (Å²) in [4.78, 5) is 10.7. The number of rotatable bonds is 10. The maximum absolute atomic E-state index is 10.7. The van der Waals surface area contributed by atoms with Crippen LogP contribution < -0.4 is 0 Å². The number of carbonyl (C=O) groups is 1. The van der Waals surface area contributed by atoms with Crippen molar-refractivity contribution in [3.05, 3.63) is 0 Å². The second kappa shape index (κ2) is 11.4. The summed E-state index contributed by atoms with van der Waals surface area (Å²) in [7, 11) is 0. The molecule has 0 saturated heterocycles. The van der Waals surface area contributed by atoms with Crippen LogP contribution in [0.4, 0.5) is 0 Å². The Morgan fingerprint density at radius 2 is 1.65 bits per heavy atom. The smallest absolute Gasteiger partial charge is 0.302 e. The van der Waals surface area contributed by atoms with E-state index in [1.807, 2.05) is 6.92 Å². The van der Waals surface area contributed by atoms with Gasteiger partial charge < -0.3 is 4.74 Å². The molecule has 98 valence electrons. The zero-order valence-electron chi connectivity index (χ0n) is 11.2. The van der Waals surface area contributed by atoms with E-state index in [1.54, 1.807) is 0 Å². The van der Waals surface area contributed by atoms with Gasteiger partial charge in [-0.2, -0.15) is 5.26 Å². The number of hydrogen-bond donors (Lipinski definition) is 0. The fourth-order valence-corrected chi connectivity index (χ4v) is 1.86. The second-order valence-electron chi connectivity index (χ2n) is 4.59. The van der Waals surface area contributed by atoms with Crippen LogP contribution in [0.2, 0.25) is 0 Å². The van der Waals surface area contributed by atoms with Gasteiger partial charge in [0, 0.05) is 13.3 Å². The van der Waals surface area contributed by atoms with Crippen molar-refractivity contribution in [1.29, 1.82) is 5.26 Å². The molecular weight excluding hydrogens is 214 g/mol. The largest absolute Gasteiger partial charge is 0.463 e. The van der Waals surface area contributed by atoms with Crippen LogP contribution in [0.25, 0.3) is 0 Å². The summed E-state index contributed by atoms with van der Waals surface area (Å²) in [5.74, 6) is -0.185. The van der Waals surface area contributed by atoms with E-state index in [9.17, 15) is 4.79 Å². The minimum Gasteiger partial charge on any atom is -0.463 e. The van der Waals surface area contributed by atoms with Gasteiger partial charge in [-0.1, -0.05) is 32.1 Å². The van der Waals surface area contributed by atoms with Crippen molar-refractivity contribution in [3.63, 3.8) is 0 Å². The number of nitriles is 1. The lowest BCUT2D eigenvalue weighted by molar-refractivity contribution is -0.145. The van der Waals surface area contributed by atoms with Crippen molar-refractivity contribution in [3.8, 4) is 6.07 Å². The number of esters is 1. The molecule has 0 radical (unpaired) electrons. The van der Waals surface area contributed by atoms with Gasteiger partial charge in [-0.25, -0.2) is 0 Å². The first-order valence-electron chi connectivity index (χ1n) is 6.71. The first-order chi connectivity index (χ1) is 8.16. The molecule has 17 heavy (non-hydrogen) atoms. The van der Waals surface area contributed by atoms with Crippen LogP contribution in [0.5, 0.6) is 0 Å². The molecule has 0 bridgehead atoms. The van der Waals surface area contributed by atoms with Gasteiger partial charge in [0.25, 0.3) is 0 Å². The average Bonchev–Trinajstić information content (AvgIpc) is 2.26. The normalized spacial score (nSPS) is 11.8. The van der Waals surface area contributed by atoms with Gasteiger partial charge in [0.2, 0.25) is 0 Å². The Balaban J connectivity index is 3.13. The Kier molecular flexibility index (Phi) is 10.7. The molecule has 0 rings (SSSR count). The van der Waals surface area contributed by atoms with Gasteiger partial charge in [-0.05, 0) is 26.2 Å². The van der Waals surface area contributed by atoms with Crippen molar-refractivity contribution in [2.24, 2.45) is 0 Å². The van der Waals surface area contributed by atoms with Gasteiger partial charge in [0.05, 0.1) is 12.2 Å². The first kappa shape index (κ1) is 16.0.